The Hall–Kier alpha value is -3.04. The SMILES string of the molecule is CN[C@@H](C)C(=O)N[C@H](C(=O)N1CCc2cc(=O)n(-c3ccc4scnc4c3)cc21)C(C)(C)C. The van der Waals surface area contributed by atoms with Crippen LogP contribution in [0.15, 0.2) is 40.8 Å². The van der Waals surface area contributed by atoms with Gasteiger partial charge in [0.25, 0.3) is 5.56 Å². The highest BCUT2D eigenvalue weighted by atomic mass is 32.1. The Morgan fingerprint density at radius 3 is 2.67 bits per heavy atom. The number of benzene rings is 1. The quantitative estimate of drug-likeness (QED) is 0.601. The van der Waals surface area contributed by atoms with Crippen LogP contribution in [0, 0.1) is 5.41 Å². The smallest absolute Gasteiger partial charge is 0.255 e. The van der Waals surface area contributed by atoms with Crippen molar-refractivity contribution >= 4 is 39.1 Å². The molecule has 0 saturated carbocycles. The predicted octanol–water partition coefficient (Wildman–Crippen LogP) is 2.48. The van der Waals surface area contributed by atoms with Crippen LogP contribution in [0.2, 0.25) is 0 Å². The van der Waals surface area contributed by atoms with Crippen LogP contribution in [0.5, 0.6) is 0 Å². The molecule has 8 nitrogen and oxygen atoms in total. The number of hydrogen-bond donors (Lipinski definition) is 2. The summed E-state index contributed by atoms with van der Waals surface area (Å²) in [5.41, 5.74) is 4.19. The van der Waals surface area contributed by atoms with Gasteiger partial charge in [0.1, 0.15) is 6.04 Å². The Labute approximate surface area is 196 Å². The highest BCUT2D eigenvalue weighted by molar-refractivity contribution is 7.16. The molecule has 2 amide bonds. The molecule has 4 rings (SSSR count). The average molecular weight is 468 g/mol. The van der Waals surface area contributed by atoms with Crippen molar-refractivity contribution in [2.45, 2.75) is 46.2 Å². The van der Waals surface area contributed by atoms with Crippen LogP contribution < -0.4 is 21.1 Å². The van der Waals surface area contributed by atoms with Gasteiger partial charge in [0.2, 0.25) is 11.8 Å². The third-order valence-corrected chi connectivity index (χ3v) is 6.91. The molecule has 0 unspecified atom stereocenters. The summed E-state index contributed by atoms with van der Waals surface area (Å²) >= 11 is 1.54. The van der Waals surface area contributed by atoms with Gasteiger partial charge in [-0.05, 0) is 49.6 Å². The van der Waals surface area contributed by atoms with Crippen LogP contribution in [0.4, 0.5) is 5.69 Å². The Morgan fingerprint density at radius 2 is 1.97 bits per heavy atom. The number of hydrogen-bond acceptors (Lipinski definition) is 6. The van der Waals surface area contributed by atoms with Gasteiger partial charge in [-0.1, -0.05) is 20.8 Å². The fraction of sp³-hybridized carbons (Fsp3) is 0.417. The van der Waals surface area contributed by atoms with Gasteiger partial charge in [-0.15, -0.1) is 11.3 Å². The minimum atomic E-state index is -0.710. The molecule has 2 aromatic heterocycles. The topological polar surface area (TPSA) is 96.3 Å². The number of rotatable bonds is 5. The number of nitrogens with one attached hydrogen (secondary N) is 2. The number of amides is 2. The normalized spacial score (nSPS) is 15.4. The highest BCUT2D eigenvalue weighted by Crippen LogP contribution is 2.31. The second-order valence-corrected chi connectivity index (χ2v) is 10.3. The van der Waals surface area contributed by atoms with Crippen LogP contribution >= 0.6 is 11.3 Å². The van der Waals surface area contributed by atoms with E-state index in [1.165, 1.54) is 0 Å². The molecule has 33 heavy (non-hydrogen) atoms. The van der Waals surface area contributed by atoms with Gasteiger partial charge in [0.05, 0.1) is 33.1 Å². The van der Waals surface area contributed by atoms with Gasteiger partial charge < -0.3 is 15.5 Å². The van der Waals surface area contributed by atoms with Crippen LogP contribution in [-0.4, -0.2) is 47.0 Å². The van der Waals surface area contributed by atoms with Crippen LogP contribution in [0.1, 0.15) is 33.3 Å². The molecule has 2 atom stereocenters. The number of carbonyl (C=O) groups excluding carboxylic acids is 2. The first-order chi connectivity index (χ1) is 15.6. The summed E-state index contributed by atoms with van der Waals surface area (Å²) in [5.74, 6) is -0.412. The summed E-state index contributed by atoms with van der Waals surface area (Å²) in [6.07, 6.45) is 2.33. The third kappa shape index (κ3) is 4.43. The van der Waals surface area contributed by atoms with Gasteiger partial charge >= 0.3 is 0 Å². The summed E-state index contributed by atoms with van der Waals surface area (Å²) in [7, 11) is 1.71. The zero-order valence-corrected chi connectivity index (χ0v) is 20.3. The lowest BCUT2D eigenvalue weighted by molar-refractivity contribution is -0.130. The number of likely N-dealkylation sites (N-methyl/N-ethyl adjacent to an activating group) is 1. The third-order valence-electron chi connectivity index (χ3n) is 6.10. The number of pyridine rings is 1. The van der Waals surface area contributed by atoms with Crippen LogP contribution in [0.3, 0.4) is 0 Å². The van der Waals surface area contributed by atoms with E-state index in [-0.39, 0.29) is 17.4 Å². The van der Waals surface area contributed by atoms with Crippen molar-refractivity contribution in [1.82, 2.24) is 20.2 Å². The molecule has 2 N–H and O–H groups in total. The summed E-state index contributed by atoms with van der Waals surface area (Å²) in [5, 5.41) is 5.83. The van der Waals surface area contributed by atoms with E-state index in [0.29, 0.717) is 24.3 Å². The van der Waals surface area contributed by atoms with Gasteiger partial charge in [-0.3, -0.25) is 19.0 Å². The molecule has 9 heteroatoms. The minimum absolute atomic E-state index is 0.152. The first kappa shape index (κ1) is 23.1. The van der Waals surface area contributed by atoms with Gasteiger partial charge in [0, 0.05) is 18.8 Å². The van der Waals surface area contributed by atoms with E-state index in [9.17, 15) is 14.4 Å². The van der Waals surface area contributed by atoms with Crippen LogP contribution in [-0.2, 0) is 16.0 Å². The Balaban J connectivity index is 1.70. The summed E-state index contributed by atoms with van der Waals surface area (Å²) in [6.45, 7) is 8.01. The molecule has 1 aliphatic rings. The molecule has 0 fully saturated rings. The second kappa shape index (κ2) is 8.72. The molecule has 1 aliphatic heterocycles. The largest absolute Gasteiger partial charge is 0.342 e. The summed E-state index contributed by atoms with van der Waals surface area (Å²) in [4.78, 5) is 45.1. The van der Waals surface area contributed by atoms with Crippen molar-refractivity contribution in [2.75, 3.05) is 18.5 Å². The van der Waals surface area contributed by atoms with E-state index >= 15 is 0 Å². The molecule has 0 radical (unpaired) electrons. The van der Waals surface area contributed by atoms with Gasteiger partial charge in [0.15, 0.2) is 0 Å². The van der Waals surface area contributed by atoms with Crippen molar-refractivity contribution < 1.29 is 9.59 Å². The molecule has 0 bridgehead atoms. The second-order valence-electron chi connectivity index (χ2n) is 9.45. The van der Waals surface area contributed by atoms with Gasteiger partial charge in [-0.2, -0.15) is 0 Å². The van der Waals surface area contributed by atoms with E-state index in [4.69, 9.17) is 0 Å². The van der Waals surface area contributed by atoms with E-state index in [2.05, 4.69) is 15.6 Å². The molecule has 174 valence electrons. The van der Waals surface area contributed by atoms with Crippen molar-refractivity contribution in [3.05, 3.63) is 51.9 Å². The van der Waals surface area contributed by atoms with Crippen molar-refractivity contribution in [2.24, 2.45) is 5.41 Å². The van der Waals surface area contributed by atoms with Gasteiger partial charge in [-0.25, -0.2) is 4.98 Å². The molecule has 0 spiro atoms. The predicted molar refractivity (Wildman–Crippen MR) is 131 cm³/mol. The van der Waals surface area contributed by atoms with E-state index in [1.54, 1.807) is 52.5 Å². The van der Waals surface area contributed by atoms with Crippen molar-refractivity contribution in [3.8, 4) is 5.69 Å². The standard InChI is InChI=1S/C24H29N5O3S/c1-14(25-5)22(31)27-21(24(2,3)4)23(32)28-9-8-15-10-20(30)29(12-18(15)28)16-6-7-19-17(11-16)26-13-33-19/h6-7,10-14,21,25H,8-9H2,1-5H3,(H,27,31)/t14-,21+/m0/s1. The first-order valence-corrected chi connectivity index (χ1v) is 11.9. The number of carbonyl (C=O) groups is 2. The van der Waals surface area contributed by atoms with E-state index < -0.39 is 17.5 Å². The zero-order valence-electron chi connectivity index (χ0n) is 19.5. The highest BCUT2D eigenvalue weighted by Gasteiger charge is 2.39. The maximum absolute atomic E-state index is 13.7. The average Bonchev–Trinajstić information content (AvgIpc) is 3.40. The zero-order chi connectivity index (χ0) is 23.9. The van der Waals surface area contributed by atoms with Crippen molar-refractivity contribution in [3.63, 3.8) is 0 Å². The molecular formula is C24H29N5O3S. The monoisotopic (exact) mass is 467 g/mol. The first-order valence-electron chi connectivity index (χ1n) is 11.0. The summed E-state index contributed by atoms with van der Waals surface area (Å²) < 4.78 is 2.60. The number of fused-ring (bicyclic) bond motifs is 2. The lowest BCUT2D eigenvalue weighted by atomic mass is 9.85. The maximum atomic E-state index is 13.7. The van der Waals surface area contributed by atoms with Crippen molar-refractivity contribution in [1.29, 1.82) is 0 Å². The Morgan fingerprint density at radius 1 is 1.21 bits per heavy atom. The Bertz CT molecular complexity index is 1270. The number of nitrogens with zero attached hydrogens (tertiary/aromatic N) is 3. The maximum Gasteiger partial charge on any atom is 0.255 e. The number of aromatic nitrogens is 2. The molecule has 1 aromatic carbocycles. The van der Waals surface area contributed by atoms with Crippen LogP contribution in [0.25, 0.3) is 15.9 Å². The Kier molecular flexibility index (Phi) is 6.11. The van der Waals surface area contributed by atoms with E-state index in [1.807, 2.05) is 39.0 Å². The minimum Gasteiger partial charge on any atom is -0.342 e. The molecule has 3 heterocycles. The molecule has 0 aliphatic carbocycles. The fourth-order valence-corrected chi connectivity index (χ4v) is 4.65. The molecule has 0 saturated heterocycles. The fourth-order valence-electron chi connectivity index (χ4n) is 3.99. The molecule has 3 aromatic rings. The lowest BCUT2D eigenvalue weighted by Gasteiger charge is -2.34. The molecular weight excluding hydrogens is 438 g/mol. The number of thiazole rings is 1. The van der Waals surface area contributed by atoms with E-state index in [0.717, 1.165) is 15.8 Å². The lowest BCUT2D eigenvalue weighted by Crippen LogP contribution is -2.57. The summed E-state index contributed by atoms with van der Waals surface area (Å²) in [6, 6.07) is 6.17. The number of anilines is 1.